The van der Waals surface area contributed by atoms with Crippen LogP contribution in [-0.4, -0.2) is 26.2 Å². The van der Waals surface area contributed by atoms with Crippen molar-refractivity contribution >= 4 is 0 Å². The highest BCUT2D eigenvalue weighted by Crippen LogP contribution is 2.13. The molecular formula is C13H13N5. The second-order valence-corrected chi connectivity index (χ2v) is 4.46. The van der Waals surface area contributed by atoms with Gasteiger partial charge in [0.1, 0.15) is 12.2 Å². The van der Waals surface area contributed by atoms with Crippen LogP contribution in [0.4, 0.5) is 0 Å². The van der Waals surface area contributed by atoms with E-state index in [1.54, 1.807) is 6.33 Å². The van der Waals surface area contributed by atoms with Crippen LogP contribution in [0.25, 0.3) is 0 Å². The van der Waals surface area contributed by atoms with Gasteiger partial charge in [-0.25, -0.2) is 0 Å². The van der Waals surface area contributed by atoms with E-state index in [1.807, 2.05) is 18.2 Å². The van der Waals surface area contributed by atoms with E-state index in [0.717, 1.165) is 32.0 Å². The first kappa shape index (κ1) is 10.9. The minimum absolute atomic E-state index is 0.715. The van der Waals surface area contributed by atoms with Crippen molar-refractivity contribution in [1.29, 1.82) is 5.26 Å². The van der Waals surface area contributed by atoms with Gasteiger partial charge in [-0.3, -0.25) is 4.90 Å². The van der Waals surface area contributed by atoms with Crippen LogP contribution in [0.5, 0.6) is 0 Å². The first-order valence-corrected chi connectivity index (χ1v) is 5.93. The molecule has 0 amide bonds. The van der Waals surface area contributed by atoms with E-state index in [1.165, 1.54) is 5.56 Å². The van der Waals surface area contributed by atoms with Gasteiger partial charge in [0.25, 0.3) is 0 Å². The summed E-state index contributed by atoms with van der Waals surface area (Å²) in [4.78, 5) is 2.32. The van der Waals surface area contributed by atoms with Gasteiger partial charge in [-0.05, 0) is 17.7 Å². The van der Waals surface area contributed by atoms with Crippen molar-refractivity contribution in [2.24, 2.45) is 0 Å². The monoisotopic (exact) mass is 239 g/mol. The van der Waals surface area contributed by atoms with Crippen LogP contribution in [0.3, 0.4) is 0 Å². The van der Waals surface area contributed by atoms with Crippen LogP contribution in [-0.2, 0) is 19.6 Å². The van der Waals surface area contributed by atoms with E-state index in [4.69, 9.17) is 5.26 Å². The highest BCUT2D eigenvalue weighted by molar-refractivity contribution is 5.32. The maximum absolute atomic E-state index is 8.89. The molecule has 0 unspecified atom stereocenters. The van der Waals surface area contributed by atoms with Crippen LogP contribution >= 0.6 is 0 Å². The number of aromatic nitrogens is 3. The number of nitrogens with zero attached hydrogens (tertiary/aromatic N) is 5. The zero-order chi connectivity index (χ0) is 12.4. The van der Waals surface area contributed by atoms with Crippen LogP contribution < -0.4 is 0 Å². The summed E-state index contributed by atoms with van der Waals surface area (Å²) in [5, 5.41) is 16.9. The summed E-state index contributed by atoms with van der Waals surface area (Å²) in [5.74, 6) is 1.01. The van der Waals surface area contributed by atoms with Crippen LogP contribution in [0.2, 0.25) is 0 Å². The lowest BCUT2D eigenvalue weighted by Gasteiger charge is -2.26. The Labute approximate surface area is 105 Å². The van der Waals surface area contributed by atoms with Crippen molar-refractivity contribution in [2.45, 2.75) is 19.6 Å². The normalized spacial score (nSPS) is 15.1. The standard InChI is InChI=1S/C13H13N5/c14-7-11-2-1-3-12(6-11)8-17-4-5-18-10-15-16-13(18)9-17/h1-3,6,10H,4-5,8-9H2. The van der Waals surface area contributed by atoms with Crippen molar-refractivity contribution in [1.82, 2.24) is 19.7 Å². The molecule has 1 aromatic heterocycles. The first-order chi connectivity index (χ1) is 8.85. The largest absolute Gasteiger partial charge is 0.315 e. The van der Waals surface area contributed by atoms with E-state index in [2.05, 4.69) is 31.8 Å². The Hall–Kier alpha value is -2.19. The number of nitriles is 1. The van der Waals surface area contributed by atoms with Gasteiger partial charge in [-0.1, -0.05) is 12.1 Å². The zero-order valence-electron chi connectivity index (χ0n) is 9.95. The van der Waals surface area contributed by atoms with Crippen LogP contribution in [0.1, 0.15) is 17.0 Å². The molecule has 0 bridgehead atoms. The molecule has 5 heteroatoms. The quantitative estimate of drug-likeness (QED) is 0.789. The van der Waals surface area contributed by atoms with Crippen molar-refractivity contribution in [2.75, 3.05) is 6.54 Å². The lowest BCUT2D eigenvalue weighted by Crippen LogP contribution is -2.33. The van der Waals surface area contributed by atoms with Crippen LogP contribution in [0, 0.1) is 11.3 Å². The summed E-state index contributed by atoms with van der Waals surface area (Å²) in [6.45, 7) is 3.58. The van der Waals surface area contributed by atoms with Crippen molar-refractivity contribution < 1.29 is 0 Å². The van der Waals surface area contributed by atoms with E-state index in [9.17, 15) is 0 Å². The Balaban J connectivity index is 1.73. The van der Waals surface area contributed by atoms with Gasteiger partial charge >= 0.3 is 0 Å². The molecular weight excluding hydrogens is 226 g/mol. The molecule has 2 heterocycles. The molecule has 1 aromatic carbocycles. The number of benzene rings is 1. The van der Waals surface area contributed by atoms with E-state index in [-0.39, 0.29) is 0 Å². The molecule has 3 rings (SSSR count). The number of rotatable bonds is 2. The Morgan fingerprint density at radius 1 is 1.33 bits per heavy atom. The van der Waals surface area contributed by atoms with Gasteiger partial charge in [0.05, 0.1) is 18.2 Å². The number of fused-ring (bicyclic) bond motifs is 1. The fourth-order valence-corrected chi connectivity index (χ4v) is 2.25. The third kappa shape index (κ3) is 2.11. The summed E-state index contributed by atoms with van der Waals surface area (Å²) in [5.41, 5.74) is 1.88. The molecule has 0 saturated carbocycles. The molecule has 0 radical (unpaired) electrons. The second-order valence-electron chi connectivity index (χ2n) is 4.46. The molecule has 0 N–H and O–H groups in total. The van der Waals surface area contributed by atoms with Gasteiger partial charge in [-0.2, -0.15) is 5.26 Å². The molecule has 18 heavy (non-hydrogen) atoms. The Kier molecular flexibility index (Phi) is 2.79. The lowest BCUT2D eigenvalue weighted by atomic mass is 10.1. The van der Waals surface area contributed by atoms with Gasteiger partial charge in [-0.15, -0.1) is 10.2 Å². The van der Waals surface area contributed by atoms with Crippen molar-refractivity contribution in [3.05, 3.63) is 47.5 Å². The maximum atomic E-state index is 8.89. The number of hydrogen-bond donors (Lipinski definition) is 0. The predicted molar refractivity (Wildman–Crippen MR) is 65.3 cm³/mol. The summed E-state index contributed by atoms with van der Waals surface area (Å²) in [6, 6.07) is 9.93. The minimum atomic E-state index is 0.715. The average molecular weight is 239 g/mol. The molecule has 5 nitrogen and oxygen atoms in total. The average Bonchev–Trinajstić information content (AvgIpc) is 2.86. The molecule has 0 saturated heterocycles. The Morgan fingerprint density at radius 3 is 3.17 bits per heavy atom. The van der Waals surface area contributed by atoms with E-state index >= 15 is 0 Å². The maximum Gasteiger partial charge on any atom is 0.147 e. The minimum Gasteiger partial charge on any atom is -0.315 e. The van der Waals surface area contributed by atoms with Crippen molar-refractivity contribution in [3.63, 3.8) is 0 Å². The third-order valence-corrected chi connectivity index (χ3v) is 3.18. The smallest absolute Gasteiger partial charge is 0.147 e. The number of hydrogen-bond acceptors (Lipinski definition) is 4. The highest BCUT2D eigenvalue weighted by Gasteiger charge is 2.17. The summed E-state index contributed by atoms with van der Waals surface area (Å²) in [7, 11) is 0. The highest BCUT2D eigenvalue weighted by atomic mass is 15.3. The zero-order valence-corrected chi connectivity index (χ0v) is 9.95. The third-order valence-electron chi connectivity index (χ3n) is 3.18. The SMILES string of the molecule is N#Cc1cccc(CN2CCn3cnnc3C2)c1. The topological polar surface area (TPSA) is 57.7 Å². The summed E-state index contributed by atoms with van der Waals surface area (Å²) >= 11 is 0. The summed E-state index contributed by atoms with van der Waals surface area (Å²) < 4.78 is 2.09. The van der Waals surface area contributed by atoms with Gasteiger partial charge < -0.3 is 4.57 Å². The van der Waals surface area contributed by atoms with Gasteiger partial charge in [0, 0.05) is 19.6 Å². The lowest BCUT2D eigenvalue weighted by molar-refractivity contribution is 0.209. The van der Waals surface area contributed by atoms with Gasteiger partial charge in [0.2, 0.25) is 0 Å². The van der Waals surface area contributed by atoms with E-state index < -0.39 is 0 Å². The molecule has 0 fully saturated rings. The second kappa shape index (κ2) is 4.59. The Morgan fingerprint density at radius 2 is 2.28 bits per heavy atom. The summed E-state index contributed by atoms with van der Waals surface area (Å²) in [6.07, 6.45) is 1.78. The fourth-order valence-electron chi connectivity index (χ4n) is 2.25. The molecule has 2 aromatic rings. The Bertz CT molecular complexity index is 595. The molecule has 0 spiro atoms. The van der Waals surface area contributed by atoms with E-state index in [0.29, 0.717) is 5.56 Å². The van der Waals surface area contributed by atoms with Crippen LogP contribution in [0.15, 0.2) is 30.6 Å². The molecule has 1 aliphatic rings. The molecule has 1 aliphatic heterocycles. The fraction of sp³-hybridized carbons (Fsp3) is 0.308. The van der Waals surface area contributed by atoms with Gasteiger partial charge in [0.15, 0.2) is 0 Å². The van der Waals surface area contributed by atoms with Crippen molar-refractivity contribution in [3.8, 4) is 6.07 Å². The molecule has 0 aliphatic carbocycles. The first-order valence-electron chi connectivity index (χ1n) is 5.93. The molecule has 90 valence electrons. The molecule has 0 atom stereocenters. The predicted octanol–water partition coefficient (Wildman–Crippen LogP) is 1.17.